The summed E-state index contributed by atoms with van der Waals surface area (Å²) in [5.74, 6) is 1.82. The standard InChI is InChI=1S/C10H13BrN6/c1-7(10-13-15-16-14-10)6-17(2)9-5-8(11)3-4-12-9/h3-5,7H,6H2,1-2H3,(H,13,14,15,16). The fourth-order valence-electron chi connectivity index (χ4n) is 1.57. The Morgan fingerprint density at radius 3 is 3.00 bits per heavy atom. The van der Waals surface area contributed by atoms with Crippen LogP contribution >= 0.6 is 15.9 Å². The zero-order chi connectivity index (χ0) is 12.3. The number of nitrogens with zero attached hydrogens (tertiary/aromatic N) is 5. The van der Waals surface area contributed by atoms with Crippen molar-refractivity contribution in [3.63, 3.8) is 0 Å². The van der Waals surface area contributed by atoms with Crippen molar-refractivity contribution in [2.24, 2.45) is 0 Å². The second-order valence-electron chi connectivity index (χ2n) is 3.88. The van der Waals surface area contributed by atoms with Gasteiger partial charge < -0.3 is 4.90 Å². The SMILES string of the molecule is CC(CN(C)c1cc(Br)ccn1)c1nn[nH]n1. The summed E-state index contributed by atoms with van der Waals surface area (Å²) in [6.07, 6.45) is 1.77. The summed E-state index contributed by atoms with van der Waals surface area (Å²) in [6.45, 7) is 2.84. The third-order valence-corrected chi connectivity index (χ3v) is 2.94. The average Bonchev–Trinajstić information content (AvgIpc) is 2.82. The minimum absolute atomic E-state index is 0.194. The lowest BCUT2D eigenvalue weighted by Crippen LogP contribution is -2.24. The van der Waals surface area contributed by atoms with Gasteiger partial charge in [0.1, 0.15) is 5.82 Å². The molecule has 2 rings (SSSR count). The van der Waals surface area contributed by atoms with Gasteiger partial charge in [0.05, 0.1) is 0 Å². The van der Waals surface area contributed by atoms with Gasteiger partial charge in [-0.05, 0) is 12.1 Å². The molecule has 7 heteroatoms. The van der Waals surface area contributed by atoms with Gasteiger partial charge in [0.25, 0.3) is 0 Å². The first kappa shape index (κ1) is 12.0. The van der Waals surface area contributed by atoms with E-state index in [2.05, 4.69) is 53.4 Å². The first-order valence-corrected chi connectivity index (χ1v) is 6.02. The molecule has 0 aromatic carbocycles. The Hall–Kier alpha value is -1.50. The molecule has 90 valence electrons. The number of pyridine rings is 1. The van der Waals surface area contributed by atoms with Crippen molar-refractivity contribution in [1.82, 2.24) is 25.6 Å². The molecular weight excluding hydrogens is 284 g/mol. The number of aromatic nitrogens is 5. The Labute approximate surface area is 108 Å². The molecule has 0 aliphatic rings. The first-order chi connectivity index (χ1) is 8.16. The maximum absolute atomic E-state index is 4.31. The van der Waals surface area contributed by atoms with Crippen molar-refractivity contribution in [2.75, 3.05) is 18.5 Å². The van der Waals surface area contributed by atoms with Gasteiger partial charge in [-0.1, -0.05) is 28.1 Å². The molecule has 0 radical (unpaired) electrons. The summed E-state index contributed by atoms with van der Waals surface area (Å²) in [5, 5.41) is 14.0. The molecule has 2 aromatic rings. The topological polar surface area (TPSA) is 70.6 Å². The summed E-state index contributed by atoms with van der Waals surface area (Å²) in [7, 11) is 1.99. The third kappa shape index (κ3) is 3.00. The van der Waals surface area contributed by atoms with Gasteiger partial charge in [-0.25, -0.2) is 4.98 Å². The van der Waals surface area contributed by atoms with E-state index in [1.165, 1.54) is 0 Å². The predicted octanol–water partition coefficient (Wildman–Crippen LogP) is 1.60. The van der Waals surface area contributed by atoms with E-state index in [0.717, 1.165) is 16.8 Å². The lowest BCUT2D eigenvalue weighted by molar-refractivity contribution is 0.682. The molecule has 0 fully saturated rings. The van der Waals surface area contributed by atoms with Crippen LogP contribution in [0.2, 0.25) is 0 Å². The fourth-order valence-corrected chi connectivity index (χ4v) is 1.89. The fraction of sp³-hybridized carbons (Fsp3) is 0.400. The molecule has 0 amide bonds. The monoisotopic (exact) mass is 296 g/mol. The van der Waals surface area contributed by atoms with Gasteiger partial charge in [-0.3, -0.25) is 0 Å². The van der Waals surface area contributed by atoms with E-state index in [-0.39, 0.29) is 5.92 Å². The van der Waals surface area contributed by atoms with Crippen molar-refractivity contribution < 1.29 is 0 Å². The minimum atomic E-state index is 0.194. The molecule has 17 heavy (non-hydrogen) atoms. The van der Waals surface area contributed by atoms with Crippen LogP contribution in [-0.2, 0) is 0 Å². The number of nitrogens with one attached hydrogen (secondary N) is 1. The molecule has 2 aromatic heterocycles. The minimum Gasteiger partial charge on any atom is -0.359 e. The van der Waals surface area contributed by atoms with Crippen molar-refractivity contribution in [3.8, 4) is 0 Å². The second kappa shape index (κ2) is 5.22. The van der Waals surface area contributed by atoms with E-state index >= 15 is 0 Å². The molecule has 0 bridgehead atoms. The molecule has 1 atom stereocenters. The smallest absolute Gasteiger partial charge is 0.179 e. The molecule has 6 nitrogen and oxygen atoms in total. The van der Waals surface area contributed by atoms with E-state index in [1.54, 1.807) is 6.20 Å². The van der Waals surface area contributed by atoms with Crippen LogP contribution < -0.4 is 4.90 Å². The Bertz CT molecular complexity index is 471. The second-order valence-corrected chi connectivity index (χ2v) is 4.80. The first-order valence-electron chi connectivity index (χ1n) is 5.23. The van der Waals surface area contributed by atoms with Crippen LogP contribution in [-0.4, -0.2) is 39.2 Å². The Morgan fingerprint density at radius 1 is 1.53 bits per heavy atom. The Kier molecular flexibility index (Phi) is 3.68. The quantitative estimate of drug-likeness (QED) is 0.928. The molecule has 1 N–H and O–H groups in total. The van der Waals surface area contributed by atoms with E-state index < -0.39 is 0 Å². The number of tetrazole rings is 1. The largest absolute Gasteiger partial charge is 0.359 e. The normalized spacial score (nSPS) is 12.4. The molecule has 0 aliphatic carbocycles. The summed E-state index contributed by atoms with van der Waals surface area (Å²) in [5.41, 5.74) is 0. The van der Waals surface area contributed by atoms with Crippen molar-refractivity contribution in [3.05, 3.63) is 28.6 Å². The van der Waals surface area contributed by atoms with Gasteiger partial charge >= 0.3 is 0 Å². The maximum atomic E-state index is 4.31. The number of halogens is 1. The summed E-state index contributed by atoms with van der Waals surface area (Å²) >= 11 is 3.43. The van der Waals surface area contributed by atoms with Gasteiger partial charge in [0.15, 0.2) is 5.82 Å². The number of hydrogen-bond acceptors (Lipinski definition) is 5. The van der Waals surface area contributed by atoms with Crippen LogP contribution in [0.25, 0.3) is 0 Å². The zero-order valence-corrected chi connectivity index (χ0v) is 11.2. The summed E-state index contributed by atoms with van der Waals surface area (Å²) in [4.78, 5) is 6.37. The van der Waals surface area contributed by atoms with E-state index in [9.17, 15) is 0 Å². The van der Waals surface area contributed by atoms with Gasteiger partial charge in [0.2, 0.25) is 0 Å². The molecule has 0 spiro atoms. The highest BCUT2D eigenvalue weighted by atomic mass is 79.9. The number of anilines is 1. The van der Waals surface area contributed by atoms with Crippen LogP contribution in [0.15, 0.2) is 22.8 Å². The van der Waals surface area contributed by atoms with Crippen LogP contribution in [0.5, 0.6) is 0 Å². The average molecular weight is 297 g/mol. The lowest BCUT2D eigenvalue weighted by Gasteiger charge is -2.20. The van der Waals surface area contributed by atoms with Crippen molar-refractivity contribution in [1.29, 1.82) is 0 Å². The van der Waals surface area contributed by atoms with E-state index in [4.69, 9.17) is 0 Å². The number of aromatic amines is 1. The highest BCUT2D eigenvalue weighted by Gasteiger charge is 2.14. The molecule has 0 aliphatic heterocycles. The van der Waals surface area contributed by atoms with Gasteiger partial charge in [-0.2, -0.15) is 5.21 Å². The van der Waals surface area contributed by atoms with Crippen LogP contribution in [0.4, 0.5) is 5.82 Å². The maximum Gasteiger partial charge on any atom is 0.179 e. The number of rotatable bonds is 4. The van der Waals surface area contributed by atoms with Gasteiger partial charge in [0, 0.05) is 30.2 Å². The van der Waals surface area contributed by atoms with E-state index in [1.807, 2.05) is 19.2 Å². The van der Waals surface area contributed by atoms with Crippen LogP contribution in [0.1, 0.15) is 18.7 Å². The zero-order valence-electron chi connectivity index (χ0n) is 9.63. The molecule has 0 saturated heterocycles. The van der Waals surface area contributed by atoms with Crippen molar-refractivity contribution in [2.45, 2.75) is 12.8 Å². The lowest BCUT2D eigenvalue weighted by atomic mass is 10.1. The summed E-state index contributed by atoms with van der Waals surface area (Å²) < 4.78 is 1.02. The highest BCUT2D eigenvalue weighted by Crippen LogP contribution is 2.18. The number of likely N-dealkylation sites (N-methyl/N-ethyl adjacent to an activating group) is 1. The highest BCUT2D eigenvalue weighted by molar-refractivity contribution is 9.10. The summed E-state index contributed by atoms with van der Waals surface area (Å²) in [6, 6.07) is 3.88. The van der Waals surface area contributed by atoms with Crippen molar-refractivity contribution >= 4 is 21.7 Å². The molecule has 0 saturated carbocycles. The molecule has 1 unspecified atom stereocenters. The number of H-pyrrole nitrogens is 1. The van der Waals surface area contributed by atoms with E-state index in [0.29, 0.717) is 5.82 Å². The third-order valence-electron chi connectivity index (χ3n) is 2.45. The molecular formula is C10H13BrN6. The van der Waals surface area contributed by atoms with Gasteiger partial charge in [-0.15, -0.1) is 10.2 Å². The predicted molar refractivity (Wildman–Crippen MR) is 67.8 cm³/mol. The van der Waals surface area contributed by atoms with Crippen LogP contribution in [0, 0.1) is 0 Å². The number of hydrogen-bond donors (Lipinski definition) is 1. The van der Waals surface area contributed by atoms with Crippen LogP contribution in [0.3, 0.4) is 0 Å². The Balaban J connectivity index is 2.04. The molecule has 2 heterocycles. The Morgan fingerprint density at radius 2 is 2.35 bits per heavy atom.